The van der Waals surface area contributed by atoms with Crippen LogP contribution in [0.25, 0.3) is 0 Å². The maximum absolute atomic E-state index is 11.5. The summed E-state index contributed by atoms with van der Waals surface area (Å²) < 4.78 is 26.7. The molecule has 2 aromatic carbocycles. The summed E-state index contributed by atoms with van der Waals surface area (Å²) in [4.78, 5) is 21.8. The summed E-state index contributed by atoms with van der Waals surface area (Å²) in [5.74, 6) is 5.97. The summed E-state index contributed by atoms with van der Waals surface area (Å²) in [7, 11) is 1.60. The molecule has 35 heavy (non-hydrogen) atoms. The van der Waals surface area contributed by atoms with Crippen LogP contribution in [0.15, 0.2) is 42.5 Å². The Bertz CT molecular complexity index is 1000. The minimum absolute atomic E-state index is 0.116. The van der Waals surface area contributed by atoms with Crippen molar-refractivity contribution in [3.05, 3.63) is 63.7 Å². The first-order valence-corrected chi connectivity index (χ1v) is 10.8. The Morgan fingerprint density at radius 1 is 0.943 bits per heavy atom. The van der Waals surface area contributed by atoms with Crippen LogP contribution in [0.5, 0.6) is 5.75 Å². The minimum atomic E-state index is -1.44. The van der Waals surface area contributed by atoms with Crippen molar-refractivity contribution in [1.82, 2.24) is 0 Å². The van der Waals surface area contributed by atoms with Gasteiger partial charge in [0.05, 0.1) is 56.7 Å². The molecule has 0 heterocycles. The SMILES string of the molecule is COCCOCCOCCOCCOc1cc(NC(=O)O)c([N+](=O)[O-])cc1C#Cc1ccccc1. The lowest BCUT2D eigenvalue weighted by Gasteiger charge is -2.12. The van der Waals surface area contributed by atoms with Gasteiger partial charge in [-0.25, -0.2) is 4.79 Å². The molecule has 0 aliphatic heterocycles. The standard InChI is InChI=1S/C24H28N2O9/c1-31-9-10-32-11-12-33-13-14-34-15-16-35-23-18-21(25-24(27)28)22(26(29)30)17-20(23)8-7-19-5-3-2-4-6-19/h2-6,17-18,25H,9-16H2,1H3,(H,27,28). The maximum Gasteiger partial charge on any atom is 0.409 e. The van der Waals surface area contributed by atoms with Crippen LogP contribution in [-0.2, 0) is 18.9 Å². The first-order chi connectivity index (χ1) is 17.0. The number of hydrogen-bond acceptors (Lipinski definition) is 8. The van der Waals surface area contributed by atoms with E-state index in [1.54, 1.807) is 19.2 Å². The average molecular weight is 488 g/mol. The molecule has 0 saturated carbocycles. The summed E-state index contributed by atoms with van der Waals surface area (Å²) in [6, 6.07) is 11.5. The minimum Gasteiger partial charge on any atom is -0.490 e. The molecule has 2 aromatic rings. The number of rotatable bonds is 15. The van der Waals surface area contributed by atoms with Gasteiger partial charge in [-0.3, -0.25) is 15.4 Å². The second-order valence-electron chi connectivity index (χ2n) is 6.85. The molecular weight excluding hydrogens is 460 g/mol. The molecule has 0 aliphatic rings. The number of carboxylic acid groups (broad SMARTS) is 1. The molecule has 0 fully saturated rings. The van der Waals surface area contributed by atoms with Crippen LogP contribution in [0.3, 0.4) is 0 Å². The maximum atomic E-state index is 11.5. The Labute approximate surface area is 203 Å². The molecule has 2 rings (SSSR count). The van der Waals surface area contributed by atoms with Gasteiger partial charge in [0, 0.05) is 24.8 Å². The van der Waals surface area contributed by atoms with Crippen LogP contribution in [-0.4, -0.2) is 76.1 Å². The van der Waals surface area contributed by atoms with Gasteiger partial charge in [-0.15, -0.1) is 0 Å². The molecule has 0 bridgehead atoms. The van der Waals surface area contributed by atoms with Crippen molar-refractivity contribution in [2.45, 2.75) is 0 Å². The summed E-state index contributed by atoms with van der Waals surface area (Å²) in [6.45, 7) is 3.01. The number of methoxy groups -OCH3 is 1. The van der Waals surface area contributed by atoms with Crippen LogP contribution in [0, 0.1) is 22.0 Å². The van der Waals surface area contributed by atoms with Crippen molar-refractivity contribution >= 4 is 17.5 Å². The Hall–Kier alpha value is -3.69. The fraction of sp³-hybridized carbons (Fsp3) is 0.375. The zero-order valence-electron chi connectivity index (χ0n) is 19.4. The van der Waals surface area contributed by atoms with E-state index in [0.717, 1.165) is 0 Å². The van der Waals surface area contributed by atoms with Gasteiger partial charge >= 0.3 is 6.09 Å². The summed E-state index contributed by atoms with van der Waals surface area (Å²) in [5, 5.41) is 22.5. The van der Waals surface area contributed by atoms with Crippen LogP contribution in [0.1, 0.15) is 11.1 Å². The number of nitrogens with one attached hydrogen (secondary N) is 1. The van der Waals surface area contributed by atoms with Gasteiger partial charge in [-0.1, -0.05) is 30.0 Å². The second kappa shape index (κ2) is 16.0. The molecule has 0 radical (unpaired) electrons. The molecule has 0 atom stereocenters. The lowest BCUT2D eigenvalue weighted by atomic mass is 10.1. The van der Waals surface area contributed by atoms with Crippen LogP contribution >= 0.6 is 0 Å². The monoisotopic (exact) mass is 488 g/mol. The molecular formula is C24H28N2O9. The van der Waals surface area contributed by atoms with E-state index in [-0.39, 0.29) is 30.2 Å². The van der Waals surface area contributed by atoms with Crippen LogP contribution in [0.4, 0.5) is 16.2 Å². The third-order valence-electron chi connectivity index (χ3n) is 4.31. The first kappa shape index (κ1) is 27.6. The Morgan fingerprint density at radius 3 is 2.11 bits per heavy atom. The van der Waals surface area contributed by atoms with E-state index in [1.165, 1.54) is 12.1 Å². The predicted octanol–water partition coefficient (Wildman–Crippen LogP) is 3.16. The molecule has 2 N–H and O–H groups in total. The lowest BCUT2D eigenvalue weighted by molar-refractivity contribution is -0.384. The summed E-state index contributed by atoms with van der Waals surface area (Å²) >= 11 is 0. The molecule has 11 nitrogen and oxygen atoms in total. The van der Waals surface area contributed by atoms with Crippen molar-refractivity contribution in [3.63, 3.8) is 0 Å². The number of nitrogens with zero attached hydrogens (tertiary/aromatic N) is 1. The van der Waals surface area contributed by atoms with Gasteiger partial charge in [0.2, 0.25) is 0 Å². The van der Waals surface area contributed by atoms with E-state index in [1.807, 2.05) is 23.5 Å². The van der Waals surface area contributed by atoms with Crippen molar-refractivity contribution in [3.8, 4) is 17.6 Å². The van der Waals surface area contributed by atoms with E-state index in [0.29, 0.717) is 45.2 Å². The van der Waals surface area contributed by atoms with E-state index >= 15 is 0 Å². The highest BCUT2D eigenvalue weighted by molar-refractivity contribution is 5.87. The second-order valence-corrected chi connectivity index (χ2v) is 6.85. The largest absolute Gasteiger partial charge is 0.490 e. The zero-order chi connectivity index (χ0) is 25.3. The third-order valence-corrected chi connectivity index (χ3v) is 4.31. The van der Waals surface area contributed by atoms with Crippen LogP contribution in [0.2, 0.25) is 0 Å². The number of nitro groups is 1. The number of hydrogen-bond donors (Lipinski definition) is 2. The fourth-order valence-electron chi connectivity index (χ4n) is 2.71. The number of ether oxygens (including phenoxy) is 5. The van der Waals surface area contributed by atoms with Crippen LogP contribution < -0.4 is 10.1 Å². The highest BCUT2D eigenvalue weighted by Gasteiger charge is 2.20. The van der Waals surface area contributed by atoms with Crippen molar-refractivity contribution < 1.29 is 38.5 Å². The molecule has 0 saturated heterocycles. The normalized spacial score (nSPS) is 10.3. The van der Waals surface area contributed by atoms with E-state index in [9.17, 15) is 14.9 Å². The molecule has 0 aromatic heterocycles. The van der Waals surface area contributed by atoms with E-state index in [4.69, 9.17) is 28.8 Å². The number of benzene rings is 2. The molecule has 11 heteroatoms. The number of carbonyl (C=O) groups is 1. The molecule has 1 amide bonds. The average Bonchev–Trinajstić information content (AvgIpc) is 2.84. The zero-order valence-corrected chi connectivity index (χ0v) is 19.4. The number of amides is 1. The molecule has 0 aliphatic carbocycles. The predicted molar refractivity (Wildman–Crippen MR) is 127 cm³/mol. The van der Waals surface area contributed by atoms with Gasteiger partial charge in [0.15, 0.2) is 0 Å². The Kier molecular flexibility index (Phi) is 12.6. The summed E-state index contributed by atoms with van der Waals surface area (Å²) in [5.41, 5.74) is 0.302. The van der Waals surface area contributed by atoms with Gasteiger partial charge < -0.3 is 28.8 Å². The van der Waals surface area contributed by atoms with E-state index in [2.05, 4.69) is 11.8 Å². The van der Waals surface area contributed by atoms with Gasteiger partial charge in [-0.2, -0.15) is 0 Å². The molecule has 0 spiro atoms. The topological polar surface area (TPSA) is 139 Å². The Morgan fingerprint density at radius 2 is 1.54 bits per heavy atom. The van der Waals surface area contributed by atoms with Gasteiger partial charge in [0.1, 0.15) is 18.0 Å². The van der Waals surface area contributed by atoms with Crippen molar-refractivity contribution in [2.24, 2.45) is 0 Å². The van der Waals surface area contributed by atoms with Gasteiger partial charge in [0.25, 0.3) is 5.69 Å². The van der Waals surface area contributed by atoms with E-state index < -0.39 is 16.7 Å². The smallest absolute Gasteiger partial charge is 0.409 e. The fourth-order valence-corrected chi connectivity index (χ4v) is 2.71. The number of anilines is 1. The first-order valence-electron chi connectivity index (χ1n) is 10.8. The lowest BCUT2D eigenvalue weighted by Crippen LogP contribution is -2.14. The molecule has 188 valence electrons. The van der Waals surface area contributed by atoms with Gasteiger partial charge in [-0.05, 0) is 12.1 Å². The number of nitro benzene ring substituents is 1. The third kappa shape index (κ3) is 10.9. The van der Waals surface area contributed by atoms with Crippen molar-refractivity contribution in [1.29, 1.82) is 0 Å². The van der Waals surface area contributed by atoms with Crippen molar-refractivity contribution in [2.75, 3.05) is 65.3 Å². The highest BCUT2D eigenvalue weighted by atomic mass is 16.6. The quantitative estimate of drug-likeness (QED) is 0.167. The molecule has 0 unspecified atom stereocenters. The highest BCUT2D eigenvalue weighted by Crippen LogP contribution is 2.32. The Balaban J connectivity index is 1.95. The summed E-state index contributed by atoms with van der Waals surface area (Å²) in [6.07, 6.45) is -1.44.